The summed E-state index contributed by atoms with van der Waals surface area (Å²) in [6.45, 7) is 8.20. The molecule has 0 bridgehead atoms. The van der Waals surface area contributed by atoms with Gasteiger partial charge in [-0.15, -0.1) is 0 Å². The largest absolute Gasteiger partial charge is 0.382 e. The van der Waals surface area contributed by atoms with Crippen LogP contribution >= 0.6 is 0 Å². The fourth-order valence-corrected chi connectivity index (χ4v) is 1.88. The number of H-pyrrole nitrogens is 1. The SMILES string of the molecule is Cc1nc(NCC(C)(C)CN(C)C)c(N)[nH]1. The Balaban J connectivity index is 2.54. The highest BCUT2D eigenvalue weighted by Gasteiger charge is 2.19. The van der Waals surface area contributed by atoms with Crippen LogP contribution in [0.4, 0.5) is 11.6 Å². The Kier molecular flexibility index (Phi) is 3.80. The number of aromatic nitrogens is 2. The van der Waals surface area contributed by atoms with E-state index in [1.807, 2.05) is 6.92 Å². The van der Waals surface area contributed by atoms with Crippen molar-refractivity contribution in [2.75, 3.05) is 38.2 Å². The Labute approximate surface area is 97.4 Å². The van der Waals surface area contributed by atoms with Gasteiger partial charge in [0, 0.05) is 13.1 Å². The topological polar surface area (TPSA) is 70.0 Å². The van der Waals surface area contributed by atoms with Crippen molar-refractivity contribution in [3.63, 3.8) is 0 Å². The van der Waals surface area contributed by atoms with E-state index in [-0.39, 0.29) is 5.41 Å². The number of hydrogen-bond donors (Lipinski definition) is 3. The van der Waals surface area contributed by atoms with Crippen molar-refractivity contribution in [3.8, 4) is 0 Å². The minimum Gasteiger partial charge on any atom is -0.382 e. The molecule has 1 heterocycles. The Morgan fingerprint density at radius 2 is 2.06 bits per heavy atom. The van der Waals surface area contributed by atoms with Crippen LogP contribution in [-0.4, -0.2) is 42.1 Å². The van der Waals surface area contributed by atoms with E-state index in [1.54, 1.807) is 0 Å². The van der Waals surface area contributed by atoms with E-state index in [0.717, 1.165) is 24.7 Å². The number of nitrogens with zero attached hydrogens (tertiary/aromatic N) is 2. The number of rotatable bonds is 5. The molecule has 0 aliphatic rings. The van der Waals surface area contributed by atoms with Crippen LogP contribution in [0.3, 0.4) is 0 Å². The van der Waals surface area contributed by atoms with Crippen LogP contribution in [0.25, 0.3) is 0 Å². The third-order valence-electron chi connectivity index (χ3n) is 2.33. The van der Waals surface area contributed by atoms with E-state index in [2.05, 4.69) is 48.1 Å². The zero-order chi connectivity index (χ0) is 12.3. The van der Waals surface area contributed by atoms with E-state index >= 15 is 0 Å². The second-order valence-electron chi connectivity index (χ2n) is 5.34. The lowest BCUT2D eigenvalue weighted by Crippen LogP contribution is -2.34. The van der Waals surface area contributed by atoms with Crippen molar-refractivity contribution in [2.24, 2.45) is 5.41 Å². The first-order chi connectivity index (χ1) is 7.30. The number of anilines is 2. The number of nitrogen functional groups attached to an aromatic ring is 1. The minimum absolute atomic E-state index is 0.183. The first-order valence-electron chi connectivity index (χ1n) is 5.51. The predicted octanol–water partition coefficient (Wildman–Crippen LogP) is 1.30. The van der Waals surface area contributed by atoms with Crippen LogP contribution in [0.15, 0.2) is 0 Å². The zero-order valence-electron chi connectivity index (χ0n) is 10.9. The molecule has 5 heteroatoms. The van der Waals surface area contributed by atoms with Crippen molar-refractivity contribution in [3.05, 3.63) is 5.82 Å². The average Bonchev–Trinajstić information content (AvgIpc) is 2.39. The highest BCUT2D eigenvalue weighted by molar-refractivity contribution is 5.56. The van der Waals surface area contributed by atoms with Gasteiger partial charge >= 0.3 is 0 Å². The molecular formula is C11H23N5. The molecule has 4 N–H and O–H groups in total. The molecule has 0 unspecified atom stereocenters. The van der Waals surface area contributed by atoms with Gasteiger partial charge in [0.15, 0.2) is 5.82 Å². The summed E-state index contributed by atoms with van der Waals surface area (Å²) in [6.07, 6.45) is 0. The molecule has 0 saturated carbocycles. The third-order valence-corrected chi connectivity index (χ3v) is 2.33. The van der Waals surface area contributed by atoms with Crippen LogP contribution in [-0.2, 0) is 0 Å². The van der Waals surface area contributed by atoms with Crippen molar-refractivity contribution in [1.29, 1.82) is 0 Å². The normalized spacial score (nSPS) is 12.1. The Morgan fingerprint density at radius 1 is 1.44 bits per heavy atom. The Bertz CT molecular complexity index is 340. The summed E-state index contributed by atoms with van der Waals surface area (Å²) >= 11 is 0. The fraction of sp³-hybridized carbons (Fsp3) is 0.727. The second kappa shape index (κ2) is 4.74. The van der Waals surface area contributed by atoms with Gasteiger partial charge in [0.2, 0.25) is 0 Å². The van der Waals surface area contributed by atoms with Gasteiger partial charge in [-0.1, -0.05) is 13.8 Å². The minimum atomic E-state index is 0.183. The molecule has 1 aromatic rings. The van der Waals surface area contributed by atoms with Gasteiger partial charge in [0.05, 0.1) is 0 Å². The Morgan fingerprint density at radius 3 is 2.50 bits per heavy atom. The lowest BCUT2D eigenvalue weighted by Gasteiger charge is -2.28. The quantitative estimate of drug-likeness (QED) is 0.706. The van der Waals surface area contributed by atoms with Gasteiger partial charge < -0.3 is 20.9 Å². The standard InChI is InChI=1S/C11H23N5/c1-8-14-9(12)10(15-8)13-6-11(2,3)7-16(4)5/h13H,6-7,12H2,1-5H3,(H,14,15). The summed E-state index contributed by atoms with van der Waals surface area (Å²) in [6, 6.07) is 0. The summed E-state index contributed by atoms with van der Waals surface area (Å²) in [7, 11) is 4.16. The Hall–Kier alpha value is -1.23. The monoisotopic (exact) mass is 225 g/mol. The summed E-state index contributed by atoms with van der Waals surface area (Å²) in [5, 5.41) is 3.29. The predicted molar refractivity (Wildman–Crippen MR) is 68.6 cm³/mol. The van der Waals surface area contributed by atoms with Gasteiger partial charge in [-0.25, -0.2) is 4.98 Å². The molecule has 0 atom stereocenters. The van der Waals surface area contributed by atoms with E-state index < -0.39 is 0 Å². The van der Waals surface area contributed by atoms with Crippen LogP contribution in [0, 0.1) is 12.3 Å². The third kappa shape index (κ3) is 3.73. The zero-order valence-corrected chi connectivity index (χ0v) is 10.9. The first-order valence-corrected chi connectivity index (χ1v) is 5.51. The summed E-state index contributed by atoms with van der Waals surface area (Å²) in [5.41, 5.74) is 5.96. The number of nitrogens with one attached hydrogen (secondary N) is 2. The molecule has 0 aliphatic heterocycles. The first kappa shape index (κ1) is 12.8. The van der Waals surface area contributed by atoms with Gasteiger partial charge in [0.25, 0.3) is 0 Å². The molecule has 16 heavy (non-hydrogen) atoms. The van der Waals surface area contributed by atoms with Gasteiger partial charge in [0.1, 0.15) is 11.6 Å². The van der Waals surface area contributed by atoms with Crippen LogP contribution in [0.5, 0.6) is 0 Å². The number of aryl methyl sites for hydroxylation is 1. The lowest BCUT2D eigenvalue weighted by molar-refractivity contribution is 0.254. The molecule has 1 aromatic heterocycles. The highest BCUT2D eigenvalue weighted by Crippen LogP contribution is 2.19. The van der Waals surface area contributed by atoms with E-state index in [4.69, 9.17) is 5.73 Å². The molecule has 92 valence electrons. The fourth-order valence-electron chi connectivity index (χ4n) is 1.88. The molecule has 0 aliphatic carbocycles. The van der Waals surface area contributed by atoms with E-state index in [0.29, 0.717) is 5.82 Å². The molecule has 5 nitrogen and oxygen atoms in total. The number of hydrogen-bond acceptors (Lipinski definition) is 4. The van der Waals surface area contributed by atoms with Crippen LogP contribution in [0.2, 0.25) is 0 Å². The number of aromatic amines is 1. The van der Waals surface area contributed by atoms with Crippen molar-refractivity contribution in [2.45, 2.75) is 20.8 Å². The maximum absolute atomic E-state index is 5.78. The average molecular weight is 225 g/mol. The number of nitrogens with two attached hydrogens (primary N) is 1. The maximum Gasteiger partial charge on any atom is 0.168 e. The van der Waals surface area contributed by atoms with Crippen LogP contribution < -0.4 is 11.1 Å². The van der Waals surface area contributed by atoms with Crippen molar-refractivity contribution < 1.29 is 0 Å². The summed E-state index contributed by atoms with van der Waals surface area (Å²) in [5.74, 6) is 2.20. The van der Waals surface area contributed by atoms with Crippen LogP contribution in [0.1, 0.15) is 19.7 Å². The van der Waals surface area contributed by atoms with Gasteiger partial charge in [-0.05, 0) is 26.4 Å². The number of imidazole rings is 1. The molecule has 0 radical (unpaired) electrons. The van der Waals surface area contributed by atoms with Gasteiger partial charge in [-0.2, -0.15) is 0 Å². The van der Waals surface area contributed by atoms with E-state index in [1.165, 1.54) is 0 Å². The molecule has 0 aromatic carbocycles. The van der Waals surface area contributed by atoms with Crippen molar-refractivity contribution >= 4 is 11.6 Å². The summed E-state index contributed by atoms with van der Waals surface area (Å²) in [4.78, 5) is 9.45. The van der Waals surface area contributed by atoms with Gasteiger partial charge in [-0.3, -0.25) is 0 Å². The molecule has 0 fully saturated rings. The molecule has 0 saturated heterocycles. The molecular weight excluding hydrogens is 202 g/mol. The second-order valence-corrected chi connectivity index (χ2v) is 5.34. The molecule has 0 amide bonds. The maximum atomic E-state index is 5.78. The van der Waals surface area contributed by atoms with E-state index in [9.17, 15) is 0 Å². The lowest BCUT2D eigenvalue weighted by atomic mass is 9.93. The van der Waals surface area contributed by atoms with Crippen molar-refractivity contribution in [1.82, 2.24) is 14.9 Å². The highest BCUT2D eigenvalue weighted by atomic mass is 15.1. The molecule has 1 rings (SSSR count). The summed E-state index contributed by atoms with van der Waals surface area (Å²) < 4.78 is 0. The molecule has 0 spiro atoms. The smallest absolute Gasteiger partial charge is 0.168 e.